The second-order valence-electron chi connectivity index (χ2n) is 7.20. The molecule has 1 N–H and O–H groups in total. The number of benzene rings is 2. The number of carboxylic acid groups (broad SMARTS) is 1. The number of aliphatic carboxylic acids is 1. The highest BCUT2D eigenvalue weighted by Crippen LogP contribution is 2.42. The number of rotatable bonds is 8. The number of ether oxygens (including phenoxy) is 1. The highest BCUT2D eigenvalue weighted by molar-refractivity contribution is 7.98. The number of hydrogen-bond acceptors (Lipinski definition) is 5. The summed E-state index contributed by atoms with van der Waals surface area (Å²) in [6, 6.07) is 14.0. The third-order valence-corrected chi connectivity index (χ3v) is 7.40. The molecule has 2 atom stereocenters. The van der Waals surface area contributed by atoms with Crippen LogP contribution >= 0.6 is 11.8 Å². The molecule has 2 aromatic rings. The van der Waals surface area contributed by atoms with Crippen molar-refractivity contribution in [2.24, 2.45) is 5.92 Å². The Morgan fingerprint density at radius 1 is 1.28 bits per heavy atom. The van der Waals surface area contributed by atoms with Crippen molar-refractivity contribution in [1.82, 2.24) is 0 Å². The summed E-state index contributed by atoms with van der Waals surface area (Å²) in [6.45, 7) is 6.99. The second kappa shape index (κ2) is 13.3. The van der Waals surface area contributed by atoms with Gasteiger partial charge in [-0.1, -0.05) is 51.8 Å². The zero-order valence-electron chi connectivity index (χ0n) is 19.2. The van der Waals surface area contributed by atoms with E-state index in [0.717, 1.165) is 59.3 Å². The van der Waals surface area contributed by atoms with Crippen LogP contribution < -0.4 is 9.64 Å². The number of para-hydroxylation sites is 1. The molecule has 0 aromatic heterocycles. The quantitative estimate of drug-likeness (QED) is 0.268. The molecule has 2 aromatic carbocycles. The van der Waals surface area contributed by atoms with Gasteiger partial charge in [0.15, 0.2) is 0 Å². The van der Waals surface area contributed by atoms with Crippen molar-refractivity contribution in [2.75, 3.05) is 23.5 Å². The molecule has 0 aliphatic carbocycles. The number of thioether (sulfide) groups is 1. The van der Waals surface area contributed by atoms with Crippen LogP contribution in [0.5, 0.6) is 5.75 Å². The monoisotopic (exact) mass is 475 g/mol. The van der Waals surface area contributed by atoms with E-state index in [4.69, 9.17) is 9.84 Å². The molecule has 0 spiro atoms. The largest absolute Gasteiger partial charge is 0.478 e. The van der Waals surface area contributed by atoms with Crippen LogP contribution in [0.3, 0.4) is 0 Å². The maximum atomic E-state index is 13.3. The minimum absolute atomic E-state index is 0.326. The summed E-state index contributed by atoms with van der Waals surface area (Å²) in [5.74, 6) is 0.381. The van der Waals surface area contributed by atoms with E-state index in [0.29, 0.717) is 17.4 Å². The number of hydrogen-bond donors (Lipinski definition) is 1. The van der Waals surface area contributed by atoms with Crippen molar-refractivity contribution >= 4 is 39.9 Å². The molecule has 7 heteroatoms. The predicted molar refractivity (Wildman–Crippen MR) is 135 cm³/mol. The lowest BCUT2D eigenvalue weighted by Crippen LogP contribution is -2.25. The molecule has 5 nitrogen and oxygen atoms in total. The van der Waals surface area contributed by atoms with Crippen LogP contribution in [0, 0.1) is 5.92 Å². The van der Waals surface area contributed by atoms with Gasteiger partial charge in [-0.3, -0.25) is 4.21 Å². The van der Waals surface area contributed by atoms with Gasteiger partial charge in [-0.15, -0.1) is 11.8 Å². The normalized spacial score (nSPS) is 17.8. The van der Waals surface area contributed by atoms with Gasteiger partial charge in [-0.25, -0.2) is 4.79 Å². The first kappa shape index (κ1) is 26.0. The Morgan fingerprint density at radius 2 is 2.00 bits per heavy atom. The van der Waals surface area contributed by atoms with E-state index in [-0.39, 0.29) is 0 Å². The summed E-state index contributed by atoms with van der Waals surface area (Å²) in [5, 5.41) is 8.82. The smallest absolute Gasteiger partial charge is 0.331 e. The molecule has 174 valence electrons. The summed E-state index contributed by atoms with van der Waals surface area (Å²) in [7, 11) is -1.17. The fourth-order valence-corrected chi connectivity index (χ4v) is 5.63. The molecule has 0 saturated heterocycles. The lowest BCUT2D eigenvalue weighted by atomic mass is 10.0. The van der Waals surface area contributed by atoms with E-state index in [2.05, 4.69) is 24.0 Å². The standard InChI is InChI=1S/C23H27NO4S2.C2H6/c1-3-4-8-17-15-24(18-9-6-5-7-10-18)19-13-21(29-2)20(28-12-11-23(25)26)14-22(19)30(27)16-17;1-2/h5-7,9-14,17H,3-4,8,15-16H2,1-2H3,(H,25,26);1-2H3/b12-11+;. The third-order valence-electron chi connectivity index (χ3n) is 5.05. The van der Waals surface area contributed by atoms with Crippen molar-refractivity contribution in [3.63, 3.8) is 0 Å². The SMILES string of the molecule is CC.CCCCC1CN(c2ccccc2)c2cc(SC)c(O/C=C/C(=O)O)cc2S(=O)C1. The van der Waals surface area contributed by atoms with Crippen molar-refractivity contribution in [3.8, 4) is 5.75 Å². The van der Waals surface area contributed by atoms with Crippen LogP contribution in [-0.4, -0.2) is 33.8 Å². The summed E-state index contributed by atoms with van der Waals surface area (Å²) in [6.07, 6.45) is 7.32. The molecule has 2 unspecified atom stereocenters. The van der Waals surface area contributed by atoms with Gasteiger partial charge in [0.25, 0.3) is 0 Å². The molecule has 1 heterocycles. The van der Waals surface area contributed by atoms with Gasteiger partial charge in [0, 0.05) is 24.1 Å². The van der Waals surface area contributed by atoms with Gasteiger partial charge < -0.3 is 14.7 Å². The number of fused-ring (bicyclic) bond motifs is 1. The number of anilines is 2. The molecular formula is C25H33NO4S2. The van der Waals surface area contributed by atoms with Crippen molar-refractivity contribution in [1.29, 1.82) is 0 Å². The topological polar surface area (TPSA) is 66.8 Å². The summed E-state index contributed by atoms with van der Waals surface area (Å²) < 4.78 is 18.9. The van der Waals surface area contributed by atoms with Gasteiger partial charge in [0.05, 0.1) is 38.6 Å². The lowest BCUT2D eigenvalue weighted by Gasteiger charge is -2.28. The fraction of sp³-hybridized carbons (Fsp3) is 0.400. The molecule has 32 heavy (non-hydrogen) atoms. The predicted octanol–water partition coefficient (Wildman–Crippen LogP) is 6.48. The van der Waals surface area contributed by atoms with Crippen LogP contribution in [-0.2, 0) is 15.6 Å². The van der Waals surface area contributed by atoms with Crippen LogP contribution in [0.4, 0.5) is 11.4 Å². The molecule has 0 amide bonds. The molecule has 0 fully saturated rings. The van der Waals surface area contributed by atoms with Gasteiger partial charge in [-0.05, 0) is 36.8 Å². The molecule has 0 radical (unpaired) electrons. The van der Waals surface area contributed by atoms with Crippen molar-refractivity contribution in [2.45, 2.75) is 49.8 Å². The number of nitrogens with zero attached hydrogens (tertiary/aromatic N) is 1. The van der Waals surface area contributed by atoms with E-state index >= 15 is 0 Å². The van der Waals surface area contributed by atoms with Gasteiger partial charge in [0.2, 0.25) is 0 Å². The number of carbonyl (C=O) groups is 1. The molecular weight excluding hydrogens is 442 g/mol. The van der Waals surface area contributed by atoms with Crippen LogP contribution in [0.2, 0.25) is 0 Å². The van der Waals surface area contributed by atoms with Crippen LogP contribution in [0.15, 0.2) is 64.6 Å². The van der Waals surface area contributed by atoms with Crippen molar-refractivity contribution in [3.05, 3.63) is 54.8 Å². The highest BCUT2D eigenvalue weighted by Gasteiger charge is 2.28. The Bertz CT molecular complexity index is 931. The molecule has 0 bridgehead atoms. The highest BCUT2D eigenvalue weighted by atomic mass is 32.2. The van der Waals surface area contributed by atoms with E-state index in [1.165, 1.54) is 11.8 Å². The maximum Gasteiger partial charge on any atom is 0.331 e. The molecule has 3 rings (SSSR count). The maximum absolute atomic E-state index is 13.3. The Labute approximate surface area is 198 Å². The average Bonchev–Trinajstić information content (AvgIpc) is 2.95. The minimum atomic E-state index is -1.17. The van der Waals surface area contributed by atoms with Crippen molar-refractivity contribution < 1.29 is 18.8 Å². The average molecular weight is 476 g/mol. The zero-order chi connectivity index (χ0) is 23.5. The summed E-state index contributed by atoms with van der Waals surface area (Å²) >= 11 is 1.52. The summed E-state index contributed by atoms with van der Waals surface area (Å²) in [5.41, 5.74) is 2.00. The number of unbranched alkanes of at least 4 members (excludes halogenated alkanes) is 1. The first-order chi connectivity index (χ1) is 15.5. The van der Waals surface area contributed by atoms with E-state index < -0.39 is 16.8 Å². The van der Waals surface area contributed by atoms with E-state index in [9.17, 15) is 9.00 Å². The van der Waals surface area contributed by atoms with Crippen LogP contribution in [0.25, 0.3) is 0 Å². The van der Waals surface area contributed by atoms with Gasteiger partial charge in [0.1, 0.15) is 5.75 Å². The lowest BCUT2D eigenvalue weighted by molar-refractivity contribution is -0.131. The Morgan fingerprint density at radius 3 is 2.62 bits per heavy atom. The number of carboxylic acids is 1. The second-order valence-corrected chi connectivity index (χ2v) is 9.51. The van der Waals surface area contributed by atoms with E-state index in [1.54, 1.807) is 0 Å². The summed E-state index contributed by atoms with van der Waals surface area (Å²) in [4.78, 5) is 14.6. The fourth-order valence-electron chi connectivity index (χ4n) is 3.57. The molecule has 0 saturated carbocycles. The minimum Gasteiger partial charge on any atom is -0.478 e. The van der Waals surface area contributed by atoms with Crippen LogP contribution in [0.1, 0.15) is 40.0 Å². The molecule has 1 aliphatic rings. The first-order valence-corrected chi connectivity index (χ1v) is 13.6. The first-order valence-electron chi connectivity index (χ1n) is 11.0. The zero-order valence-corrected chi connectivity index (χ0v) is 20.9. The Hall–Kier alpha value is -2.25. The third kappa shape index (κ3) is 6.87. The van der Waals surface area contributed by atoms with Gasteiger partial charge in [-0.2, -0.15) is 0 Å². The molecule has 1 aliphatic heterocycles. The Kier molecular flexibility index (Phi) is 10.8. The van der Waals surface area contributed by atoms with Gasteiger partial charge >= 0.3 is 5.97 Å². The Balaban J connectivity index is 0.00000176. The van der Waals surface area contributed by atoms with E-state index in [1.807, 2.05) is 50.4 Å².